The monoisotopic (exact) mass is 190 g/mol. The van der Waals surface area contributed by atoms with Crippen molar-refractivity contribution in [2.24, 2.45) is 16.7 Å². The van der Waals surface area contributed by atoms with Crippen molar-refractivity contribution < 1.29 is 0 Å². The van der Waals surface area contributed by atoms with Gasteiger partial charge in [-0.25, -0.2) is 0 Å². The molecule has 2 bridgehead atoms. The van der Waals surface area contributed by atoms with Gasteiger partial charge in [0, 0.05) is 0 Å². The summed E-state index contributed by atoms with van der Waals surface area (Å²) in [4.78, 5) is 0. The lowest BCUT2D eigenvalue weighted by Crippen LogP contribution is -2.29. The summed E-state index contributed by atoms with van der Waals surface area (Å²) in [6.45, 7) is 7.56. The first-order valence-corrected chi connectivity index (χ1v) is 6.27. The molecule has 0 saturated heterocycles. The quantitative estimate of drug-likeness (QED) is 0.499. The molecular formula is C14H22. The van der Waals surface area contributed by atoms with Crippen molar-refractivity contribution >= 4 is 0 Å². The van der Waals surface area contributed by atoms with E-state index in [1.165, 1.54) is 38.5 Å². The van der Waals surface area contributed by atoms with Crippen LogP contribution in [-0.2, 0) is 0 Å². The van der Waals surface area contributed by atoms with Crippen molar-refractivity contribution in [2.45, 2.75) is 59.3 Å². The van der Waals surface area contributed by atoms with Gasteiger partial charge in [0.2, 0.25) is 0 Å². The minimum Gasteiger partial charge on any atom is -0.0704 e. The molecule has 0 N–H and O–H groups in total. The van der Waals surface area contributed by atoms with Crippen LogP contribution in [-0.4, -0.2) is 0 Å². The molecule has 3 saturated carbocycles. The molecule has 0 aromatic carbocycles. The highest BCUT2D eigenvalue weighted by Crippen LogP contribution is 2.69. The number of hydrogen-bond donors (Lipinski definition) is 0. The Morgan fingerprint density at radius 1 is 1.14 bits per heavy atom. The SMILES string of the molecule is CC12CCC(CC1=C1CCC1)C2(C)C. The van der Waals surface area contributed by atoms with E-state index in [1.807, 2.05) is 11.1 Å². The predicted molar refractivity (Wildman–Crippen MR) is 60.1 cm³/mol. The minimum absolute atomic E-state index is 0.577. The van der Waals surface area contributed by atoms with Gasteiger partial charge in [-0.3, -0.25) is 0 Å². The van der Waals surface area contributed by atoms with E-state index in [1.54, 1.807) is 0 Å². The van der Waals surface area contributed by atoms with E-state index < -0.39 is 0 Å². The zero-order valence-electron chi connectivity index (χ0n) is 9.82. The first-order valence-electron chi connectivity index (χ1n) is 6.27. The highest BCUT2D eigenvalue weighted by molar-refractivity contribution is 5.35. The lowest BCUT2D eigenvalue weighted by atomic mass is 9.66. The summed E-state index contributed by atoms with van der Waals surface area (Å²) in [5, 5.41) is 0. The minimum atomic E-state index is 0.577. The van der Waals surface area contributed by atoms with Gasteiger partial charge in [-0.05, 0) is 55.3 Å². The van der Waals surface area contributed by atoms with E-state index >= 15 is 0 Å². The molecule has 14 heavy (non-hydrogen) atoms. The Balaban J connectivity index is 2.07. The molecule has 0 amide bonds. The van der Waals surface area contributed by atoms with Crippen molar-refractivity contribution in [3.63, 3.8) is 0 Å². The van der Waals surface area contributed by atoms with E-state index in [2.05, 4.69) is 20.8 Å². The van der Waals surface area contributed by atoms with Gasteiger partial charge >= 0.3 is 0 Å². The van der Waals surface area contributed by atoms with Gasteiger partial charge in [-0.15, -0.1) is 0 Å². The zero-order valence-corrected chi connectivity index (χ0v) is 9.82. The first-order chi connectivity index (χ1) is 6.56. The van der Waals surface area contributed by atoms with Gasteiger partial charge in [-0.2, -0.15) is 0 Å². The van der Waals surface area contributed by atoms with Crippen LogP contribution in [0.5, 0.6) is 0 Å². The zero-order chi connectivity index (χ0) is 9.97. The fourth-order valence-corrected chi connectivity index (χ4v) is 4.15. The van der Waals surface area contributed by atoms with Gasteiger partial charge in [0.05, 0.1) is 0 Å². The molecule has 2 atom stereocenters. The molecule has 0 aromatic rings. The molecule has 3 aliphatic carbocycles. The third-order valence-electron chi connectivity index (χ3n) is 5.94. The predicted octanol–water partition coefficient (Wildman–Crippen LogP) is 4.31. The van der Waals surface area contributed by atoms with Gasteiger partial charge in [-0.1, -0.05) is 31.9 Å². The number of rotatable bonds is 0. The standard InChI is InChI=1S/C14H22/c1-13(2)11-7-8-14(13,3)12(9-11)10-5-4-6-10/h11H,4-9H2,1-3H3. The maximum atomic E-state index is 2.54. The molecule has 78 valence electrons. The molecule has 0 radical (unpaired) electrons. The van der Waals surface area contributed by atoms with Crippen molar-refractivity contribution in [1.82, 2.24) is 0 Å². The molecule has 0 aromatic heterocycles. The normalized spacial score (nSPS) is 44.4. The summed E-state index contributed by atoms with van der Waals surface area (Å²) in [5.41, 5.74) is 4.91. The summed E-state index contributed by atoms with van der Waals surface area (Å²) in [6.07, 6.45) is 8.70. The highest BCUT2D eigenvalue weighted by Gasteiger charge is 2.59. The molecular weight excluding hydrogens is 168 g/mol. The van der Waals surface area contributed by atoms with Crippen LogP contribution >= 0.6 is 0 Å². The Labute approximate surface area is 87.8 Å². The number of fused-ring (bicyclic) bond motifs is 2. The van der Waals surface area contributed by atoms with Crippen LogP contribution in [0, 0.1) is 16.7 Å². The third kappa shape index (κ3) is 0.816. The van der Waals surface area contributed by atoms with Crippen molar-refractivity contribution in [2.75, 3.05) is 0 Å². The van der Waals surface area contributed by atoms with Crippen molar-refractivity contribution in [3.8, 4) is 0 Å². The first kappa shape index (κ1) is 9.00. The molecule has 3 rings (SSSR count). The number of hydrogen-bond acceptors (Lipinski definition) is 0. The molecule has 0 heteroatoms. The fourth-order valence-electron chi connectivity index (χ4n) is 4.15. The Morgan fingerprint density at radius 2 is 1.86 bits per heavy atom. The average molecular weight is 190 g/mol. The van der Waals surface area contributed by atoms with E-state index in [0.29, 0.717) is 10.8 Å². The summed E-state index contributed by atoms with van der Waals surface area (Å²) in [7, 11) is 0. The highest BCUT2D eigenvalue weighted by atomic mass is 14.6. The Bertz CT molecular complexity index is 302. The molecule has 3 aliphatic rings. The number of allylic oxidation sites excluding steroid dienone is 2. The average Bonchev–Trinajstić information content (AvgIpc) is 2.33. The topological polar surface area (TPSA) is 0 Å². The largest absolute Gasteiger partial charge is 0.0704 e. The molecule has 0 spiro atoms. The maximum absolute atomic E-state index is 2.54. The van der Waals surface area contributed by atoms with E-state index in [-0.39, 0.29) is 0 Å². The van der Waals surface area contributed by atoms with Gasteiger partial charge in [0.1, 0.15) is 0 Å². The fraction of sp³-hybridized carbons (Fsp3) is 0.857. The van der Waals surface area contributed by atoms with Crippen LogP contribution in [0.15, 0.2) is 11.1 Å². The van der Waals surface area contributed by atoms with Gasteiger partial charge < -0.3 is 0 Å². The molecule has 0 heterocycles. The smallest absolute Gasteiger partial charge is 0.00596 e. The second-order valence-electron chi connectivity index (χ2n) is 6.43. The Morgan fingerprint density at radius 3 is 2.21 bits per heavy atom. The molecule has 2 unspecified atom stereocenters. The van der Waals surface area contributed by atoms with Crippen LogP contribution in [0.3, 0.4) is 0 Å². The lowest BCUT2D eigenvalue weighted by molar-refractivity contribution is 0.177. The maximum Gasteiger partial charge on any atom is -0.00596 e. The second-order valence-corrected chi connectivity index (χ2v) is 6.43. The van der Waals surface area contributed by atoms with E-state index in [0.717, 1.165) is 5.92 Å². The summed E-state index contributed by atoms with van der Waals surface area (Å²) in [6, 6.07) is 0. The molecule has 0 aliphatic heterocycles. The van der Waals surface area contributed by atoms with Crippen LogP contribution in [0.4, 0.5) is 0 Å². The third-order valence-corrected chi connectivity index (χ3v) is 5.94. The summed E-state index contributed by atoms with van der Waals surface area (Å²) >= 11 is 0. The second kappa shape index (κ2) is 2.46. The van der Waals surface area contributed by atoms with Crippen LogP contribution in [0.1, 0.15) is 59.3 Å². The Kier molecular flexibility index (Phi) is 1.58. The molecule has 3 fully saturated rings. The van der Waals surface area contributed by atoms with Gasteiger partial charge in [0.25, 0.3) is 0 Å². The van der Waals surface area contributed by atoms with Crippen LogP contribution < -0.4 is 0 Å². The van der Waals surface area contributed by atoms with Gasteiger partial charge in [0.15, 0.2) is 0 Å². The van der Waals surface area contributed by atoms with E-state index in [9.17, 15) is 0 Å². The van der Waals surface area contributed by atoms with E-state index in [4.69, 9.17) is 0 Å². The molecule has 0 nitrogen and oxygen atoms in total. The summed E-state index contributed by atoms with van der Waals surface area (Å²) in [5.74, 6) is 0.996. The summed E-state index contributed by atoms with van der Waals surface area (Å²) < 4.78 is 0. The Hall–Kier alpha value is -0.260. The van der Waals surface area contributed by atoms with Crippen LogP contribution in [0.25, 0.3) is 0 Å². The van der Waals surface area contributed by atoms with Crippen molar-refractivity contribution in [1.29, 1.82) is 0 Å². The lowest BCUT2D eigenvalue weighted by Gasteiger charge is -2.38. The van der Waals surface area contributed by atoms with Crippen molar-refractivity contribution in [3.05, 3.63) is 11.1 Å². The van der Waals surface area contributed by atoms with Crippen LogP contribution in [0.2, 0.25) is 0 Å².